The van der Waals surface area contributed by atoms with E-state index < -0.39 is 10.0 Å². The highest BCUT2D eigenvalue weighted by Crippen LogP contribution is 2.37. The van der Waals surface area contributed by atoms with Gasteiger partial charge in [0.15, 0.2) is 12.4 Å². The molecule has 0 atom stereocenters. The van der Waals surface area contributed by atoms with Crippen LogP contribution in [0.25, 0.3) is 10.9 Å². The Labute approximate surface area is 184 Å². The summed E-state index contributed by atoms with van der Waals surface area (Å²) in [4.78, 5) is 22.2. The second-order valence-corrected chi connectivity index (χ2v) is 8.92. The second kappa shape index (κ2) is 8.89. The molecule has 0 aliphatic carbocycles. The molecule has 2 aliphatic heterocycles. The number of carbonyl (C=O) groups is 2. The summed E-state index contributed by atoms with van der Waals surface area (Å²) < 4.78 is 33.7. The number of hydrogen-bond acceptors (Lipinski definition) is 7. The number of rotatable bonds is 3. The molecule has 11 heteroatoms. The molecule has 3 heterocycles. The van der Waals surface area contributed by atoms with Crippen molar-refractivity contribution >= 4 is 44.7 Å². The van der Waals surface area contributed by atoms with Gasteiger partial charge in [-0.05, 0) is 30.3 Å². The Morgan fingerprint density at radius 2 is 1.78 bits per heavy atom. The average Bonchev–Trinajstić information content (AvgIpc) is 3.25. The fourth-order valence-corrected chi connectivity index (χ4v) is 5.42. The van der Waals surface area contributed by atoms with Gasteiger partial charge in [0.2, 0.25) is 0 Å². The number of ether oxygens (including phenoxy) is 1. The van der Waals surface area contributed by atoms with Gasteiger partial charge in [0.25, 0.3) is 22.4 Å². The van der Waals surface area contributed by atoms with Gasteiger partial charge in [-0.15, -0.1) is 0 Å². The standard InChI is InChI=1S/C20H20N4O4S.CH2O2/c25-19-13-28-20-15(22-19)3-1-6-18(20)29(26,27)24-10-7-14-16(4-2-5-17(14)24)23-11-8-21-9-12-23;2-1-3/h1-7,10,21H,8-9,11-13H2,(H,22,25);1H,(H,2,3). The SMILES string of the molecule is O=C1COc2c(cccc2S(=O)(=O)n2ccc3c(N4CCNCC4)cccc32)N1.O=CO. The minimum absolute atomic E-state index is 0.0278. The minimum atomic E-state index is -3.92. The molecule has 1 saturated heterocycles. The largest absolute Gasteiger partial charge is 0.483 e. The zero-order chi connectivity index (χ0) is 22.7. The van der Waals surface area contributed by atoms with Crippen LogP contribution in [0.15, 0.2) is 53.6 Å². The third-order valence-electron chi connectivity index (χ3n) is 5.27. The Bertz CT molecular complexity index is 1260. The van der Waals surface area contributed by atoms with Crippen LogP contribution in [0, 0.1) is 0 Å². The van der Waals surface area contributed by atoms with Gasteiger partial charge in [-0.3, -0.25) is 9.59 Å². The third kappa shape index (κ3) is 3.87. The van der Waals surface area contributed by atoms with Gasteiger partial charge in [0, 0.05) is 43.4 Å². The van der Waals surface area contributed by atoms with Crippen molar-refractivity contribution in [2.75, 3.05) is 43.0 Å². The zero-order valence-electron chi connectivity index (χ0n) is 17.0. The van der Waals surface area contributed by atoms with E-state index in [1.165, 1.54) is 10.0 Å². The van der Waals surface area contributed by atoms with E-state index >= 15 is 0 Å². The topological polar surface area (TPSA) is 130 Å². The van der Waals surface area contributed by atoms with Gasteiger partial charge in [0.1, 0.15) is 4.90 Å². The normalized spacial score (nSPS) is 15.8. The molecule has 0 saturated carbocycles. The van der Waals surface area contributed by atoms with Gasteiger partial charge in [0.05, 0.1) is 11.2 Å². The lowest BCUT2D eigenvalue weighted by Gasteiger charge is -2.30. The van der Waals surface area contributed by atoms with Crippen LogP contribution in [0.1, 0.15) is 0 Å². The van der Waals surface area contributed by atoms with Crippen LogP contribution < -0.4 is 20.3 Å². The fraction of sp³-hybridized carbons (Fsp3) is 0.238. The molecule has 0 spiro atoms. The molecule has 1 aromatic heterocycles. The van der Waals surface area contributed by atoms with E-state index in [1.807, 2.05) is 18.2 Å². The van der Waals surface area contributed by atoms with Gasteiger partial charge in [-0.1, -0.05) is 12.1 Å². The number of para-hydroxylation sites is 1. The number of nitrogens with zero attached hydrogens (tertiary/aromatic N) is 2. The lowest BCUT2D eigenvalue weighted by molar-refractivity contribution is -0.123. The molecule has 1 fully saturated rings. The number of anilines is 2. The van der Waals surface area contributed by atoms with Gasteiger partial charge in [-0.2, -0.15) is 0 Å². The third-order valence-corrected chi connectivity index (χ3v) is 6.98. The molecule has 0 bridgehead atoms. The van der Waals surface area contributed by atoms with Crippen molar-refractivity contribution in [2.45, 2.75) is 4.90 Å². The predicted octanol–water partition coefficient (Wildman–Crippen LogP) is 1.32. The lowest BCUT2D eigenvalue weighted by atomic mass is 10.2. The molecular weight excluding hydrogens is 436 g/mol. The van der Waals surface area contributed by atoms with Crippen molar-refractivity contribution in [3.8, 4) is 5.75 Å². The number of fused-ring (bicyclic) bond motifs is 2. The van der Waals surface area contributed by atoms with Crippen molar-refractivity contribution in [2.24, 2.45) is 0 Å². The average molecular weight is 458 g/mol. The molecule has 2 aliphatic rings. The quantitative estimate of drug-likeness (QED) is 0.501. The Kier molecular flexibility index (Phi) is 6.01. The van der Waals surface area contributed by atoms with E-state index in [2.05, 4.69) is 15.5 Å². The molecule has 1 amide bonds. The summed E-state index contributed by atoms with van der Waals surface area (Å²) in [6.45, 7) is 3.08. The molecule has 5 rings (SSSR count). The molecule has 0 radical (unpaired) electrons. The number of aromatic nitrogens is 1. The van der Waals surface area contributed by atoms with Crippen molar-refractivity contribution in [3.05, 3.63) is 48.7 Å². The first-order chi connectivity index (χ1) is 15.5. The van der Waals surface area contributed by atoms with Crippen LogP contribution in [-0.4, -0.2) is 62.7 Å². The summed E-state index contributed by atoms with van der Waals surface area (Å²) >= 11 is 0. The molecule has 2 aromatic carbocycles. The van der Waals surface area contributed by atoms with Crippen molar-refractivity contribution in [1.29, 1.82) is 0 Å². The smallest absolute Gasteiger partial charge is 0.290 e. The summed E-state index contributed by atoms with van der Waals surface area (Å²) in [5.74, 6) is -0.133. The highest BCUT2D eigenvalue weighted by molar-refractivity contribution is 7.90. The lowest BCUT2D eigenvalue weighted by Crippen LogP contribution is -2.43. The van der Waals surface area contributed by atoms with E-state index in [0.29, 0.717) is 11.2 Å². The Hall–Kier alpha value is -3.57. The monoisotopic (exact) mass is 458 g/mol. The molecule has 32 heavy (non-hydrogen) atoms. The molecular formula is C21H22N4O6S. The predicted molar refractivity (Wildman–Crippen MR) is 119 cm³/mol. The van der Waals surface area contributed by atoms with Crippen LogP contribution in [0.3, 0.4) is 0 Å². The van der Waals surface area contributed by atoms with Gasteiger partial charge >= 0.3 is 0 Å². The summed E-state index contributed by atoms with van der Waals surface area (Å²) in [5, 5.41) is 13.8. The van der Waals surface area contributed by atoms with E-state index in [0.717, 1.165) is 37.3 Å². The Morgan fingerprint density at radius 3 is 2.53 bits per heavy atom. The first-order valence-electron chi connectivity index (χ1n) is 9.92. The minimum Gasteiger partial charge on any atom is -0.483 e. The maximum Gasteiger partial charge on any atom is 0.290 e. The van der Waals surface area contributed by atoms with Crippen molar-refractivity contribution in [1.82, 2.24) is 9.29 Å². The zero-order valence-corrected chi connectivity index (χ0v) is 17.8. The number of nitrogens with one attached hydrogen (secondary N) is 2. The highest BCUT2D eigenvalue weighted by Gasteiger charge is 2.29. The molecule has 3 aromatic rings. The number of carboxylic acid groups (broad SMARTS) is 1. The number of piperazine rings is 1. The Balaban J connectivity index is 0.000000775. The van der Waals surface area contributed by atoms with Crippen LogP contribution in [0.5, 0.6) is 5.75 Å². The summed E-state index contributed by atoms with van der Waals surface area (Å²) in [5.41, 5.74) is 2.00. The summed E-state index contributed by atoms with van der Waals surface area (Å²) in [7, 11) is -3.92. The summed E-state index contributed by atoms with van der Waals surface area (Å²) in [6, 6.07) is 12.3. The van der Waals surface area contributed by atoms with E-state index in [4.69, 9.17) is 14.6 Å². The van der Waals surface area contributed by atoms with Gasteiger partial charge in [-0.25, -0.2) is 12.4 Å². The Morgan fingerprint density at radius 1 is 1.06 bits per heavy atom. The van der Waals surface area contributed by atoms with Crippen LogP contribution in [0.4, 0.5) is 11.4 Å². The number of hydrogen-bond donors (Lipinski definition) is 3. The second-order valence-electron chi connectivity index (χ2n) is 7.14. The number of amides is 1. The first kappa shape index (κ1) is 21.7. The summed E-state index contributed by atoms with van der Waals surface area (Å²) in [6.07, 6.45) is 1.58. The molecule has 0 unspecified atom stereocenters. The number of benzene rings is 2. The van der Waals surface area contributed by atoms with E-state index in [9.17, 15) is 13.2 Å². The first-order valence-corrected chi connectivity index (χ1v) is 11.4. The van der Waals surface area contributed by atoms with Crippen molar-refractivity contribution < 1.29 is 27.9 Å². The van der Waals surface area contributed by atoms with E-state index in [1.54, 1.807) is 24.4 Å². The van der Waals surface area contributed by atoms with E-state index in [-0.39, 0.29) is 29.6 Å². The van der Waals surface area contributed by atoms with Gasteiger partial charge < -0.3 is 25.4 Å². The molecule has 168 valence electrons. The maximum atomic E-state index is 13.5. The number of carbonyl (C=O) groups excluding carboxylic acids is 1. The maximum absolute atomic E-state index is 13.5. The van der Waals surface area contributed by atoms with Crippen LogP contribution in [-0.2, 0) is 19.6 Å². The highest BCUT2D eigenvalue weighted by atomic mass is 32.2. The molecule has 3 N–H and O–H groups in total. The van der Waals surface area contributed by atoms with Crippen LogP contribution >= 0.6 is 0 Å². The van der Waals surface area contributed by atoms with Crippen LogP contribution in [0.2, 0.25) is 0 Å². The fourth-order valence-electron chi connectivity index (χ4n) is 3.91. The molecule has 10 nitrogen and oxygen atoms in total. The van der Waals surface area contributed by atoms with Crippen molar-refractivity contribution in [3.63, 3.8) is 0 Å².